The topological polar surface area (TPSA) is 199 Å². The van der Waals surface area contributed by atoms with Crippen molar-refractivity contribution < 1.29 is 47.8 Å². The van der Waals surface area contributed by atoms with Crippen LogP contribution in [0.2, 0.25) is 0 Å². The number of piperidine rings is 3. The number of imide groups is 2. The lowest BCUT2D eigenvalue weighted by molar-refractivity contribution is -0.138. The summed E-state index contributed by atoms with van der Waals surface area (Å²) >= 11 is 0. The van der Waals surface area contributed by atoms with Crippen LogP contribution in [0, 0.1) is 5.92 Å². The highest BCUT2D eigenvalue weighted by Crippen LogP contribution is 2.36. The number of likely N-dealkylation sites (tertiary alicyclic amines) is 1. The van der Waals surface area contributed by atoms with Gasteiger partial charge in [-0.05, 0) is 81.8 Å². The largest absolute Gasteiger partial charge is 0.493 e. The van der Waals surface area contributed by atoms with Gasteiger partial charge in [0.1, 0.15) is 41.6 Å². The first-order valence-corrected chi connectivity index (χ1v) is 21.5. The number of hydrogen-bond donors (Lipinski definition) is 2. The van der Waals surface area contributed by atoms with Crippen LogP contribution in [0.4, 0.5) is 4.79 Å². The van der Waals surface area contributed by atoms with Crippen molar-refractivity contribution in [2.45, 2.75) is 103 Å². The van der Waals surface area contributed by atoms with Gasteiger partial charge in [-0.15, -0.1) is 0 Å². The van der Waals surface area contributed by atoms with Crippen LogP contribution >= 0.6 is 0 Å². The van der Waals surface area contributed by atoms with E-state index in [4.69, 9.17) is 19.2 Å². The minimum absolute atomic E-state index is 0.0995. The number of ether oxygens (including phenoxy) is 3. The van der Waals surface area contributed by atoms with Gasteiger partial charge in [0.2, 0.25) is 23.6 Å². The Morgan fingerprint density at radius 3 is 1.89 bits per heavy atom. The number of nitrogens with one attached hydrogen (secondary N) is 2. The molecule has 5 aliphatic heterocycles. The molecule has 0 spiro atoms. The number of carbonyl (C=O) groups is 7. The van der Waals surface area contributed by atoms with Crippen LogP contribution in [-0.2, 0) is 50.2 Å². The first-order valence-electron chi connectivity index (χ1n) is 21.5. The standard InChI is InChI=1S/C46H49N7O10/c1-46(2,63-45(60)50-20-17-27(18-21-50)25-61-36-11-5-7-28-30(36)23-52(43(28)58)34-13-15-39(54)48-41(34)56)19-22-51-33-10-4-3-9-32(33)47-38(51)26-62-37-12-6-8-29-31(37)24-53(44(29)59)35-14-16-40(55)49-42(35)57/h3-12,27,34-35H,13-26H2,1-2H3,(H,48,54,56)(H,49,55,57). The van der Waals surface area contributed by atoms with Gasteiger partial charge < -0.3 is 33.5 Å². The van der Waals surface area contributed by atoms with Gasteiger partial charge in [-0.25, -0.2) is 9.78 Å². The molecule has 3 aromatic carbocycles. The Balaban J connectivity index is 0.780. The third kappa shape index (κ3) is 8.31. The van der Waals surface area contributed by atoms with E-state index in [1.165, 1.54) is 9.80 Å². The molecule has 4 aromatic rings. The molecular weight excluding hydrogens is 811 g/mol. The van der Waals surface area contributed by atoms with Crippen molar-refractivity contribution in [1.82, 2.24) is 34.9 Å². The molecule has 6 heterocycles. The summed E-state index contributed by atoms with van der Waals surface area (Å²) in [6.07, 6.45) is 2.44. The highest BCUT2D eigenvalue weighted by molar-refractivity contribution is 6.06. The van der Waals surface area contributed by atoms with E-state index in [0.717, 1.165) is 16.6 Å². The van der Waals surface area contributed by atoms with Gasteiger partial charge in [0.25, 0.3) is 11.8 Å². The lowest BCUT2D eigenvalue weighted by atomic mass is 9.98. The first-order chi connectivity index (χ1) is 30.3. The number of para-hydroxylation sites is 2. The molecule has 3 fully saturated rings. The lowest BCUT2D eigenvalue weighted by Gasteiger charge is -2.34. The number of amides is 7. The summed E-state index contributed by atoms with van der Waals surface area (Å²) in [5.41, 5.74) is 3.23. The fourth-order valence-corrected chi connectivity index (χ4v) is 9.24. The first kappa shape index (κ1) is 41.6. The van der Waals surface area contributed by atoms with E-state index < -0.39 is 29.5 Å². The SMILES string of the molecule is CC(C)(CCn1c(COc2cccc3c2CN(C2CCC(=O)NC2=O)C3=O)nc2ccccc21)OC(=O)N1CCC(COc2cccc3c2CN(C2CCC(=O)NC2=O)C3=O)CC1. The number of rotatable bonds is 12. The van der Waals surface area contributed by atoms with E-state index >= 15 is 0 Å². The van der Waals surface area contributed by atoms with Crippen LogP contribution in [0.1, 0.15) is 96.5 Å². The average Bonchev–Trinajstić information content (AvgIpc) is 3.92. The van der Waals surface area contributed by atoms with Crippen LogP contribution in [0.25, 0.3) is 11.0 Å². The molecule has 9 rings (SSSR count). The number of aryl methyl sites for hydroxylation is 1. The van der Waals surface area contributed by atoms with Crippen molar-refractivity contribution >= 4 is 52.6 Å². The van der Waals surface area contributed by atoms with Gasteiger partial charge >= 0.3 is 6.09 Å². The second-order valence-corrected chi connectivity index (χ2v) is 17.4. The predicted molar refractivity (Wildman–Crippen MR) is 224 cm³/mol. The van der Waals surface area contributed by atoms with E-state index in [9.17, 15) is 33.6 Å². The van der Waals surface area contributed by atoms with Gasteiger partial charge in [0.15, 0.2) is 0 Å². The summed E-state index contributed by atoms with van der Waals surface area (Å²) in [7, 11) is 0. The van der Waals surface area contributed by atoms with Gasteiger partial charge in [-0.2, -0.15) is 0 Å². The van der Waals surface area contributed by atoms with Crippen LogP contribution in [0.5, 0.6) is 11.5 Å². The highest BCUT2D eigenvalue weighted by atomic mass is 16.6. The number of hydrogen-bond acceptors (Lipinski definition) is 11. The Kier molecular flexibility index (Phi) is 11.1. The number of fused-ring (bicyclic) bond motifs is 3. The molecule has 2 atom stereocenters. The van der Waals surface area contributed by atoms with Crippen molar-refractivity contribution in [1.29, 1.82) is 0 Å². The highest BCUT2D eigenvalue weighted by Gasteiger charge is 2.42. The summed E-state index contributed by atoms with van der Waals surface area (Å²) in [5.74, 6) is -0.183. The molecule has 2 N–H and O–H groups in total. The zero-order chi connectivity index (χ0) is 44.0. The van der Waals surface area contributed by atoms with E-state index in [-0.39, 0.29) is 81.0 Å². The van der Waals surface area contributed by atoms with Crippen LogP contribution in [0.3, 0.4) is 0 Å². The maximum absolute atomic E-state index is 13.5. The molecule has 3 saturated heterocycles. The zero-order valence-corrected chi connectivity index (χ0v) is 35.2. The Hall–Kier alpha value is -6.78. The second-order valence-electron chi connectivity index (χ2n) is 17.4. The maximum Gasteiger partial charge on any atom is 0.410 e. The Bertz CT molecular complexity index is 2540. The molecule has 0 aliphatic carbocycles. The molecular formula is C46H49N7O10. The van der Waals surface area contributed by atoms with Crippen molar-refractivity contribution in [2.24, 2.45) is 5.92 Å². The van der Waals surface area contributed by atoms with E-state index in [1.54, 1.807) is 35.2 Å². The van der Waals surface area contributed by atoms with Gasteiger partial charge in [0.05, 0.1) is 30.7 Å². The molecule has 17 heteroatoms. The maximum atomic E-state index is 13.5. The number of benzene rings is 3. The van der Waals surface area contributed by atoms with E-state index in [1.807, 2.05) is 44.2 Å². The van der Waals surface area contributed by atoms with Crippen LogP contribution in [0.15, 0.2) is 60.7 Å². The van der Waals surface area contributed by atoms with Gasteiger partial charge in [-0.1, -0.05) is 24.3 Å². The summed E-state index contributed by atoms with van der Waals surface area (Å²) in [6, 6.07) is 16.9. The Labute approximate surface area is 363 Å². The van der Waals surface area contributed by atoms with E-state index in [2.05, 4.69) is 15.2 Å². The van der Waals surface area contributed by atoms with Crippen molar-refractivity contribution in [3.8, 4) is 11.5 Å². The third-order valence-electron chi connectivity index (χ3n) is 12.8. The molecule has 2 unspecified atom stereocenters. The summed E-state index contributed by atoms with van der Waals surface area (Å²) < 4.78 is 20.8. The number of imidazole rings is 1. The fraction of sp³-hybridized carbons (Fsp3) is 0.435. The number of aromatic nitrogens is 2. The minimum Gasteiger partial charge on any atom is -0.493 e. The molecule has 1 aromatic heterocycles. The molecule has 328 valence electrons. The number of nitrogens with zero attached hydrogens (tertiary/aromatic N) is 5. The van der Waals surface area contributed by atoms with Crippen molar-refractivity contribution in [2.75, 3.05) is 19.7 Å². The molecule has 0 radical (unpaired) electrons. The van der Waals surface area contributed by atoms with Crippen LogP contribution < -0.4 is 20.1 Å². The minimum atomic E-state index is -0.826. The fourth-order valence-electron chi connectivity index (χ4n) is 9.24. The zero-order valence-electron chi connectivity index (χ0n) is 35.2. The second kappa shape index (κ2) is 16.8. The van der Waals surface area contributed by atoms with Crippen molar-refractivity contribution in [3.05, 3.63) is 88.7 Å². The third-order valence-corrected chi connectivity index (χ3v) is 12.8. The average molecular weight is 860 g/mol. The summed E-state index contributed by atoms with van der Waals surface area (Å²) in [5, 5.41) is 4.68. The Morgan fingerprint density at radius 1 is 0.730 bits per heavy atom. The quantitative estimate of drug-likeness (QED) is 0.193. The molecule has 17 nitrogen and oxygen atoms in total. The molecule has 0 bridgehead atoms. The normalized spacial score (nSPS) is 20.5. The smallest absolute Gasteiger partial charge is 0.410 e. The Morgan fingerprint density at radius 2 is 1.30 bits per heavy atom. The molecule has 7 amide bonds. The lowest BCUT2D eigenvalue weighted by Crippen LogP contribution is -2.52. The summed E-state index contributed by atoms with van der Waals surface area (Å²) in [4.78, 5) is 98.3. The van der Waals surface area contributed by atoms with Gasteiger partial charge in [0, 0.05) is 61.2 Å². The van der Waals surface area contributed by atoms with Crippen molar-refractivity contribution in [3.63, 3.8) is 0 Å². The van der Waals surface area contributed by atoms with E-state index in [0.29, 0.717) is 79.5 Å². The number of carbonyl (C=O) groups excluding carboxylic acids is 7. The van der Waals surface area contributed by atoms with Gasteiger partial charge in [-0.3, -0.25) is 39.4 Å². The van der Waals surface area contributed by atoms with Crippen LogP contribution in [-0.4, -0.2) is 103 Å². The molecule has 0 saturated carbocycles. The molecule has 63 heavy (non-hydrogen) atoms. The predicted octanol–water partition coefficient (Wildman–Crippen LogP) is 4.23. The summed E-state index contributed by atoms with van der Waals surface area (Å²) in [6.45, 7) is 6.20. The molecule has 5 aliphatic rings. The monoisotopic (exact) mass is 859 g/mol.